The molecule has 1 saturated carbocycles. The molecule has 0 aromatic rings. The zero-order valence-corrected chi connectivity index (χ0v) is 9.57. The highest BCUT2D eigenvalue weighted by Crippen LogP contribution is 2.36. The monoisotopic (exact) mass is 197 g/mol. The summed E-state index contributed by atoms with van der Waals surface area (Å²) in [5, 5.41) is 3.77. The van der Waals surface area contributed by atoms with Crippen LogP contribution in [0.3, 0.4) is 0 Å². The normalized spacial score (nSPS) is 37.3. The fourth-order valence-corrected chi connectivity index (χ4v) is 2.78. The molecule has 1 spiro atoms. The van der Waals surface area contributed by atoms with E-state index >= 15 is 0 Å². The van der Waals surface area contributed by atoms with Crippen molar-refractivity contribution in [3.63, 3.8) is 0 Å². The zero-order chi connectivity index (χ0) is 10.1. The standard InChI is InChI=1S/C12H23NO/c1-3-11(2)9-10-14-12(13-11)7-5-4-6-8-12/h13H,3-10H2,1-2H3. The van der Waals surface area contributed by atoms with Gasteiger partial charge in [-0.3, -0.25) is 5.32 Å². The second-order valence-electron chi connectivity index (χ2n) is 5.19. The van der Waals surface area contributed by atoms with Crippen LogP contribution in [-0.2, 0) is 4.74 Å². The molecular weight excluding hydrogens is 174 g/mol. The molecule has 0 amide bonds. The van der Waals surface area contributed by atoms with Crippen molar-refractivity contribution in [1.82, 2.24) is 5.32 Å². The number of ether oxygens (including phenoxy) is 1. The van der Waals surface area contributed by atoms with Gasteiger partial charge >= 0.3 is 0 Å². The third-order valence-corrected chi connectivity index (χ3v) is 4.00. The molecule has 2 heteroatoms. The lowest BCUT2D eigenvalue weighted by atomic mass is 9.84. The van der Waals surface area contributed by atoms with Gasteiger partial charge in [-0.1, -0.05) is 13.3 Å². The first kappa shape index (κ1) is 10.4. The molecule has 0 radical (unpaired) electrons. The van der Waals surface area contributed by atoms with E-state index in [2.05, 4.69) is 19.2 Å². The van der Waals surface area contributed by atoms with Gasteiger partial charge in [0.25, 0.3) is 0 Å². The lowest BCUT2D eigenvalue weighted by Crippen LogP contribution is -2.62. The summed E-state index contributed by atoms with van der Waals surface area (Å²) in [5.41, 5.74) is 0.358. The number of hydrogen-bond donors (Lipinski definition) is 1. The van der Waals surface area contributed by atoms with Crippen molar-refractivity contribution in [3.05, 3.63) is 0 Å². The minimum Gasteiger partial charge on any atom is -0.361 e. The highest BCUT2D eigenvalue weighted by molar-refractivity contribution is 4.95. The van der Waals surface area contributed by atoms with Gasteiger partial charge in [-0.2, -0.15) is 0 Å². The summed E-state index contributed by atoms with van der Waals surface area (Å²) >= 11 is 0. The van der Waals surface area contributed by atoms with Crippen molar-refractivity contribution < 1.29 is 4.74 Å². The van der Waals surface area contributed by atoms with Gasteiger partial charge in [-0.25, -0.2) is 0 Å². The minimum absolute atomic E-state index is 0.0429. The molecule has 1 aliphatic carbocycles. The van der Waals surface area contributed by atoms with Crippen molar-refractivity contribution >= 4 is 0 Å². The molecule has 1 aliphatic heterocycles. The van der Waals surface area contributed by atoms with E-state index in [1.54, 1.807) is 0 Å². The summed E-state index contributed by atoms with van der Waals surface area (Å²) in [6, 6.07) is 0. The smallest absolute Gasteiger partial charge is 0.119 e. The molecule has 1 atom stereocenters. The van der Waals surface area contributed by atoms with Gasteiger partial charge in [0.05, 0.1) is 6.61 Å². The third-order valence-electron chi connectivity index (χ3n) is 4.00. The average Bonchev–Trinajstić information content (AvgIpc) is 2.19. The highest BCUT2D eigenvalue weighted by Gasteiger charge is 2.41. The predicted molar refractivity (Wildman–Crippen MR) is 58.2 cm³/mol. The Bertz CT molecular complexity index is 193. The Morgan fingerprint density at radius 3 is 2.50 bits per heavy atom. The fourth-order valence-electron chi connectivity index (χ4n) is 2.78. The van der Waals surface area contributed by atoms with Crippen LogP contribution in [0.25, 0.3) is 0 Å². The van der Waals surface area contributed by atoms with Gasteiger partial charge in [0.1, 0.15) is 5.72 Å². The third kappa shape index (κ3) is 1.96. The molecule has 2 nitrogen and oxygen atoms in total. The minimum atomic E-state index is 0.0429. The lowest BCUT2D eigenvalue weighted by molar-refractivity contribution is -0.148. The molecule has 0 aromatic carbocycles. The molecule has 14 heavy (non-hydrogen) atoms. The molecule has 1 unspecified atom stereocenters. The molecule has 2 aliphatic rings. The zero-order valence-electron chi connectivity index (χ0n) is 9.57. The van der Waals surface area contributed by atoms with Gasteiger partial charge in [0.15, 0.2) is 0 Å². The molecule has 2 rings (SSSR count). The molecule has 1 N–H and O–H groups in total. The number of rotatable bonds is 1. The second-order valence-corrected chi connectivity index (χ2v) is 5.19. The van der Waals surface area contributed by atoms with Crippen LogP contribution in [0.15, 0.2) is 0 Å². The quantitative estimate of drug-likeness (QED) is 0.698. The van der Waals surface area contributed by atoms with Crippen LogP contribution in [0.1, 0.15) is 58.8 Å². The van der Waals surface area contributed by atoms with Crippen LogP contribution in [0, 0.1) is 0 Å². The molecule has 1 heterocycles. The summed E-state index contributed by atoms with van der Waals surface area (Å²) < 4.78 is 5.99. The molecule has 2 fully saturated rings. The van der Waals surface area contributed by atoms with E-state index in [4.69, 9.17) is 4.74 Å². The Labute approximate surface area is 87.4 Å². The molecule has 82 valence electrons. The lowest BCUT2D eigenvalue weighted by Gasteiger charge is -2.49. The van der Waals surface area contributed by atoms with Gasteiger partial charge in [-0.05, 0) is 45.4 Å². The molecule has 0 aromatic heterocycles. The maximum absolute atomic E-state index is 5.99. The summed E-state index contributed by atoms with van der Waals surface area (Å²) in [5.74, 6) is 0. The Kier molecular flexibility index (Phi) is 2.85. The number of nitrogens with one attached hydrogen (secondary N) is 1. The topological polar surface area (TPSA) is 21.3 Å². The SMILES string of the molecule is CCC1(C)CCOC2(CCCCC2)N1. The summed E-state index contributed by atoms with van der Waals surface area (Å²) in [7, 11) is 0. The van der Waals surface area contributed by atoms with Crippen LogP contribution in [0.5, 0.6) is 0 Å². The Morgan fingerprint density at radius 1 is 1.14 bits per heavy atom. The van der Waals surface area contributed by atoms with Gasteiger partial charge in [0, 0.05) is 5.54 Å². The Hall–Kier alpha value is -0.0800. The second kappa shape index (κ2) is 3.82. The van der Waals surface area contributed by atoms with E-state index in [1.807, 2.05) is 0 Å². The Balaban J connectivity index is 2.04. The van der Waals surface area contributed by atoms with Crippen LogP contribution in [0.4, 0.5) is 0 Å². The van der Waals surface area contributed by atoms with Crippen LogP contribution >= 0.6 is 0 Å². The first-order valence-corrected chi connectivity index (χ1v) is 6.11. The maximum atomic E-state index is 5.99. The first-order valence-electron chi connectivity index (χ1n) is 6.11. The highest BCUT2D eigenvalue weighted by atomic mass is 16.5. The van der Waals surface area contributed by atoms with Crippen molar-refractivity contribution in [2.75, 3.05) is 6.61 Å². The largest absolute Gasteiger partial charge is 0.361 e. The van der Waals surface area contributed by atoms with Crippen LogP contribution in [-0.4, -0.2) is 17.9 Å². The van der Waals surface area contributed by atoms with Crippen molar-refractivity contribution in [2.45, 2.75) is 70.1 Å². The van der Waals surface area contributed by atoms with E-state index in [0.29, 0.717) is 5.54 Å². The van der Waals surface area contributed by atoms with E-state index < -0.39 is 0 Å². The fraction of sp³-hybridized carbons (Fsp3) is 1.00. The first-order chi connectivity index (χ1) is 6.68. The van der Waals surface area contributed by atoms with Crippen molar-refractivity contribution in [3.8, 4) is 0 Å². The predicted octanol–water partition coefficient (Wildman–Crippen LogP) is 2.83. The van der Waals surface area contributed by atoms with E-state index in [9.17, 15) is 0 Å². The molecular formula is C12H23NO. The van der Waals surface area contributed by atoms with Gasteiger partial charge in [-0.15, -0.1) is 0 Å². The van der Waals surface area contributed by atoms with Crippen LogP contribution < -0.4 is 5.32 Å². The molecule has 1 saturated heterocycles. The Morgan fingerprint density at radius 2 is 1.86 bits per heavy atom. The van der Waals surface area contributed by atoms with Crippen LogP contribution in [0.2, 0.25) is 0 Å². The summed E-state index contributed by atoms with van der Waals surface area (Å²) in [4.78, 5) is 0. The van der Waals surface area contributed by atoms with Gasteiger partial charge < -0.3 is 4.74 Å². The number of hydrogen-bond acceptors (Lipinski definition) is 2. The van der Waals surface area contributed by atoms with E-state index in [0.717, 1.165) is 13.0 Å². The van der Waals surface area contributed by atoms with Crippen molar-refractivity contribution in [2.24, 2.45) is 0 Å². The van der Waals surface area contributed by atoms with E-state index in [1.165, 1.54) is 38.5 Å². The van der Waals surface area contributed by atoms with E-state index in [-0.39, 0.29) is 5.72 Å². The summed E-state index contributed by atoms with van der Waals surface area (Å²) in [6.07, 6.45) is 8.82. The molecule has 0 bridgehead atoms. The summed E-state index contributed by atoms with van der Waals surface area (Å²) in [6.45, 7) is 5.55. The van der Waals surface area contributed by atoms with Gasteiger partial charge in [0.2, 0.25) is 0 Å². The maximum Gasteiger partial charge on any atom is 0.119 e. The van der Waals surface area contributed by atoms with Crippen molar-refractivity contribution in [1.29, 1.82) is 0 Å². The average molecular weight is 197 g/mol.